The Bertz CT molecular complexity index is 470. The van der Waals surface area contributed by atoms with Gasteiger partial charge < -0.3 is 10.6 Å². The van der Waals surface area contributed by atoms with Crippen LogP contribution < -0.4 is 10.6 Å². The van der Waals surface area contributed by atoms with Crippen LogP contribution in [0, 0.1) is 5.82 Å². The van der Waals surface area contributed by atoms with Crippen LogP contribution in [0.4, 0.5) is 9.18 Å². The van der Waals surface area contributed by atoms with Crippen LogP contribution in [-0.2, 0) is 5.54 Å². The van der Waals surface area contributed by atoms with Gasteiger partial charge in [0.15, 0.2) is 0 Å². The first-order valence-electron chi connectivity index (χ1n) is 7.17. The molecule has 0 radical (unpaired) electrons. The van der Waals surface area contributed by atoms with Gasteiger partial charge >= 0.3 is 6.03 Å². The summed E-state index contributed by atoms with van der Waals surface area (Å²) in [6, 6.07) is 6.30. The van der Waals surface area contributed by atoms with Gasteiger partial charge in [-0.1, -0.05) is 25.0 Å². The SMILES string of the molecule is CC(C)(C)NC(=O)NC1(c2ccc(F)cc2)CCCC1. The van der Waals surface area contributed by atoms with Gasteiger partial charge in [-0.2, -0.15) is 0 Å². The molecule has 0 atom stereocenters. The van der Waals surface area contributed by atoms with E-state index in [1.807, 2.05) is 20.8 Å². The Kier molecular flexibility index (Phi) is 4.02. The van der Waals surface area contributed by atoms with Crippen molar-refractivity contribution in [2.75, 3.05) is 0 Å². The van der Waals surface area contributed by atoms with Gasteiger partial charge in [0, 0.05) is 5.54 Å². The number of benzene rings is 1. The lowest BCUT2D eigenvalue weighted by Crippen LogP contribution is -2.53. The van der Waals surface area contributed by atoms with E-state index < -0.39 is 0 Å². The van der Waals surface area contributed by atoms with Crippen molar-refractivity contribution in [2.45, 2.75) is 57.5 Å². The maximum Gasteiger partial charge on any atom is 0.315 e. The van der Waals surface area contributed by atoms with Crippen molar-refractivity contribution in [3.8, 4) is 0 Å². The van der Waals surface area contributed by atoms with Gasteiger partial charge in [-0.3, -0.25) is 0 Å². The van der Waals surface area contributed by atoms with E-state index in [1.165, 1.54) is 12.1 Å². The smallest absolute Gasteiger partial charge is 0.315 e. The standard InChI is InChI=1S/C16H23FN2O/c1-15(2,3)18-14(20)19-16(10-4-5-11-16)12-6-8-13(17)9-7-12/h6-9H,4-5,10-11H2,1-3H3,(H2,18,19,20). The number of rotatable bonds is 2. The summed E-state index contributed by atoms with van der Waals surface area (Å²) in [5, 5.41) is 6.04. The molecule has 0 heterocycles. The number of carbonyl (C=O) groups is 1. The molecular weight excluding hydrogens is 255 g/mol. The molecule has 110 valence electrons. The van der Waals surface area contributed by atoms with E-state index in [0.717, 1.165) is 31.2 Å². The average molecular weight is 278 g/mol. The first-order chi connectivity index (χ1) is 9.31. The van der Waals surface area contributed by atoms with Crippen LogP contribution >= 0.6 is 0 Å². The van der Waals surface area contributed by atoms with Crippen molar-refractivity contribution >= 4 is 6.03 Å². The van der Waals surface area contributed by atoms with Gasteiger partial charge in [-0.15, -0.1) is 0 Å². The number of hydrogen-bond donors (Lipinski definition) is 2. The molecule has 3 nitrogen and oxygen atoms in total. The van der Waals surface area contributed by atoms with Crippen molar-refractivity contribution in [1.29, 1.82) is 0 Å². The summed E-state index contributed by atoms with van der Waals surface area (Å²) in [4.78, 5) is 12.2. The van der Waals surface area contributed by atoms with E-state index in [1.54, 1.807) is 12.1 Å². The lowest BCUT2D eigenvalue weighted by Gasteiger charge is -2.33. The van der Waals surface area contributed by atoms with E-state index in [2.05, 4.69) is 10.6 Å². The van der Waals surface area contributed by atoms with Crippen LogP contribution in [0.15, 0.2) is 24.3 Å². The van der Waals surface area contributed by atoms with Gasteiger partial charge in [0.2, 0.25) is 0 Å². The third-order valence-electron chi connectivity index (χ3n) is 3.70. The normalized spacial score (nSPS) is 17.8. The molecule has 0 unspecified atom stereocenters. The quantitative estimate of drug-likeness (QED) is 0.851. The minimum absolute atomic E-state index is 0.163. The van der Waals surface area contributed by atoms with Gasteiger partial charge in [0.05, 0.1) is 5.54 Å². The molecule has 0 bridgehead atoms. The van der Waals surface area contributed by atoms with Crippen molar-refractivity contribution in [1.82, 2.24) is 10.6 Å². The molecule has 1 fully saturated rings. The predicted octanol–water partition coefficient (Wildman–Crippen LogP) is 3.69. The van der Waals surface area contributed by atoms with Crippen LogP contribution in [0.2, 0.25) is 0 Å². The van der Waals surface area contributed by atoms with Crippen LogP contribution in [0.1, 0.15) is 52.0 Å². The summed E-state index contributed by atoms with van der Waals surface area (Å²) in [7, 11) is 0. The number of urea groups is 1. The Morgan fingerprint density at radius 3 is 2.20 bits per heavy atom. The minimum atomic E-state index is -0.358. The number of carbonyl (C=O) groups excluding carboxylic acids is 1. The highest BCUT2D eigenvalue weighted by Crippen LogP contribution is 2.38. The Morgan fingerprint density at radius 2 is 1.70 bits per heavy atom. The highest BCUT2D eigenvalue weighted by Gasteiger charge is 2.37. The zero-order chi connectivity index (χ0) is 14.8. The molecule has 4 heteroatoms. The molecule has 2 amide bonds. The zero-order valence-electron chi connectivity index (χ0n) is 12.4. The van der Waals surface area contributed by atoms with Crippen molar-refractivity contribution in [3.05, 3.63) is 35.6 Å². The largest absolute Gasteiger partial charge is 0.334 e. The second-order valence-corrected chi connectivity index (χ2v) is 6.63. The van der Waals surface area contributed by atoms with Gasteiger partial charge in [0.25, 0.3) is 0 Å². The first kappa shape index (κ1) is 14.8. The fraction of sp³-hybridized carbons (Fsp3) is 0.562. The molecule has 0 aliphatic heterocycles. The third-order valence-corrected chi connectivity index (χ3v) is 3.70. The topological polar surface area (TPSA) is 41.1 Å². The molecule has 2 N–H and O–H groups in total. The Balaban J connectivity index is 2.18. The molecule has 0 saturated heterocycles. The molecule has 1 aromatic carbocycles. The van der Waals surface area contributed by atoms with Gasteiger partial charge in [-0.05, 0) is 51.3 Å². The van der Waals surface area contributed by atoms with E-state index in [4.69, 9.17) is 0 Å². The second kappa shape index (κ2) is 5.43. The zero-order valence-corrected chi connectivity index (χ0v) is 12.4. The fourth-order valence-corrected chi connectivity index (χ4v) is 2.82. The number of halogens is 1. The fourth-order valence-electron chi connectivity index (χ4n) is 2.82. The van der Waals surface area contributed by atoms with Gasteiger partial charge in [-0.25, -0.2) is 9.18 Å². The maximum absolute atomic E-state index is 13.1. The van der Waals surface area contributed by atoms with E-state index >= 15 is 0 Å². The summed E-state index contributed by atoms with van der Waals surface area (Å²) in [5.74, 6) is -0.249. The lowest BCUT2D eigenvalue weighted by atomic mass is 9.88. The Morgan fingerprint density at radius 1 is 1.15 bits per heavy atom. The molecule has 0 spiro atoms. The van der Waals surface area contributed by atoms with Crippen molar-refractivity contribution in [2.24, 2.45) is 0 Å². The van der Waals surface area contributed by atoms with E-state index in [-0.39, 0.29) is 22.9 Å². The van der Waals surface area contributed by atoms with E-state index in [9.17, 15) is 9.18 Å². The van der Waals surface area contributed by atoms with E-state index in [0.29, 0.717) is 0 Å². The third kappa shape index (κ3) is 3.50. The Hall–Kier alpha value is -1.58. The summed E-state index contributed by atoms with van der Waals surface area (Å²) in [5.41, 5.74) is 0.357. The number of nitrogens with one attached hydrogen (secondary N) is 2. The summed E-state index contributed by atoms with van der Waals surface area (Å²) in [6.07, 6.45) is 3.95. The predicted molar refractivity (Wildman–Crippen MR) is 78.0 cm³/mol. The van der Waals surface area contributed by atoms with Gasteiger partial charge in [0.1, 0.15) is 5.82 Å². The van der Waals surface area contributed by atoms with Crippen molar-refractivity contribution < 1.29 is 9.18 Å². The second-order valence-electron chi connectivity index (χ2n) is 6.63. The van der Waals surface area contributed by atoms with Crippen LogP contribution in [0.3, 0.4) is 0 Å². The highest BCUT2D eigenvalue weighted by molar-refractivity contribution is 5.76. The molecule has 1 aliphatic rings. The lowest BCUT2D eigenvalue weighted by molar-refractivity contribution is 0.216. The first-order valence-corrected chi connectivity index (χ1v) is 7.17. The minimum Gasteiger partial charge on any atom is -0.334 e. The monoisotopic (exact) mass is 278 g/mol. The van der Waals surface area contributed by atoms with Crippen molar-refractivity contribution in [3.63, 3.8) is 0 Å². The number of amides is 2. The van der Waals surface area contributed by atoms with Crippen LogP contribution in [0.5, 0.6) is 0 Å². The Labute approximate surface area is 120 Å². The average Bonchev–Trinajstić information content (AvgIpc) is 2.76. The molecule has 2 rings (SSSR count). The summed E-state index contributed by atoms with van der Waals surface area (Å²) < 4.78 is 13.1. The van der Waals surface area contributed by atoms with Crippen LogP contribution in [-0.4, -0.2) is 11.6 Å². The molecule has 0 aromatic heterocycles. The molecule has 20 heavy (non-hydrogen) atoms. The summed E-state index contributed by atoms with van der Waals surface area (Å²) in [6.45, 7) is 5.85. The van der Waals surface area contributed by atoms with Crippen LogP contribution in [0.25, 0.3) is 0 Å². The molecular formula is C16H23FN2O. The molecule has 1 saturated carbocycles. The highest BCUT2D eigenvalue weighted by atomic mass is 19.1. The number of hydrogen-bond acceptors (Lipinski definition) is 1. The summed E-state index contributed by atoms with van der Waals surface area (Å²) >= 11 is 0. The maximum atomic E-state index is 13.1. The molecule has 1 aliphatic carbocycles. The molecule has 1 aromatic rings.